The zero-order valence-corrected chi connectivity index (χ0v) is 54.8. The molecule has 0 heterocycles. The van der Waals surface area contributed by atoms with Gasteiger partial charge in [0.05, 0.1) is 0 Å². The molecule has 0 aliphatic rings. The van der Waals surface area contributed by atoms with Gasteiger partial charge in [0.25, 0.3) is 0 Å². The minimum atomic E-state index is -1.54. The normalized spacial score (nSPS) is 13.1. The Morgan fingerprint density at radius 2 is 0.417 bits per heavy atom. The average Bonchev–Trinajstić information content (AvgIpc) is 0.900. The van der Waals surface area contributed by atoms with Crippen LogP contribution in [0.3, 0.4) is 0 Å². The number of rotatable bonds is 52. The second-order valence-electron chi connectivity index (χ2n) is 22.3. The number of nitrogens with one attached hydrogen (secondary N) is 24. The molecule has 0 radical (unpaired) electrons. The van der Waals surface area contributed by atoms with Crippen molar-refractivity contribution >= 4 is 101 Å². The SMILES string of the molecule is CCCCCC(=O)N[C@H](CCCNC(=N)N)C(=O)N[C@@H](CCCNC(=N)N)C(=O)N[C@@H](CCCNC(=N)N)C(=O)N[C@@H](CCCNC(=N)N)C(=O)N[C@@H](CCCNC(=N)N)C(=O)N[C@@H](CCCNC(=N)N)C(=O)N[C@@H](CCCNC(=N)N)C(=O)N[C@@H](CCCNC(=N)N)C(N)=O. The van der Waals surface area contributed by atoms with Gasteiger partial charge in [-0.05, 0) is 109 Å². The van der Waals surface area contributed by atoms with Gasteiger partial charge in [-0.15, -0.1) is 0 Å². The highest BCUT2D eigenvalue weighted by Crippen LogP contribution is 2.11. The van der Waals surface area contributed by atoms with Crippen molar-refractivity contribution < 1.29 is 43.2 Å². The van der Waals surface area contributed by atoms with E-state index in [1.54, 1.807) is 0 Å². The van der Waals surface area contributed by atoms with Gasteiger partial charge in [-0.1, -0.05) is 19.8 Å². The summed E-state index contributed by atoms with van der Waals surface area (Å²) in [6, 6.07) is -11.3. The van der Waals surface area contributed by atoms with Crippen LogP contribution in [0.15, 0.2) is 0 Å². The molecule has 0 bridgehead atoms. The number of hydrogen-bond donors (Lipinski definition) is 33. The van der Waals surface area contributed by atoms with Crippen LogP contribution in [0.4, 0.5) is 0 Å². The van der Waals surface area contributed by atoms with Gasteiger partial charge >= 0.3 is 0 Å². The van der Waals surface area contributed by atoms with Crippen molar-refractivity contribution in [3.8, 4) is 0 Å². The van der Waals surface area contributed by atoms with Crippen LogP contribution in [0.25, 0.3) is 0 Å². The standard InChI is InChI=1S/C54H109N33O9/c1-2-3-4-21-38(88)80-31(14-6-23-73-48(58)59)40(90)82-33(16-8-25-75-50(62)63)42(92)84-35(18-10-27-77-52(66)67)44(94)86-37(20-12-29-79-54(70)71)46(96)87-36(19-11-28-78-53(68)69)45(95)85-34(17-9-26-76-51(64)65)43(93)83-32(15-7-24-74-49(60)61)41(91)81-30(39(55)89)13-5-22-72-47(56)57/h30-37H,2-29H2,1H3,(H2,55,89)(H,80,88)(H,81,91)(H,82,90)(H,83,93)(H,84,92)(H,85,95)(H,86,94)(H,87,96)(H4,56,57,72)(H4,58,59,73)(H4,60,61,74)(H4,62,63,75)(H4,64,65,76)(H4,66,67,77)(H4,68,69,78)(H4,70,71,79)/t30-,31+,32-,33-,34-,35-,36-,37-/m0/s1. The van der Waals surface area contributed by atoms with Crippen LogP contribution in [0, 0.1) is 43.3 Å². The van der Waals surface area contributed by atoms with Gasteiger partial charge < -0.3 is 137 Å². The van der Waals surface area contributed by atoms with Crippen LogP contribution < -0.4 is 137 Å². The zero-order valence-electron chi connectivity index (χ0n) is 54.8. The molecule has 0 spiro atoms. The van der Waals surface area contributed by atoms with E-state index in [9.17, 15) is 43.2 Å². The highest BCUT2D eigenvalue weighted by molar-refractivity contribution is 5.98. The summed E-state index contributed by atoms with van der Waals surface area (Å²) in [5, 5.41) is 103. The fourth-order valence-corrected chi connectivity index (χ4v) is 9.11. The van der Waals surface area contributed by atoms with Crippen molar-refractivity contribution in [3.63, 3.8) is 0 Å². The van der Waals surface area contributed by atoms with E-state index in [4.69, 9.17) is 94.9 Å². The molecular formula is C54H109N33O9. The first-order valence-corrected chi connectivity index (χ1v) is 31.7. The molecule has 0 saturated heterocycles. The molecule has 544 valence electrons. The molecule has 42 N–H and O–H groups in total. The molecule has 96 heavy (non-hydrogen) atoms. The van der Waals surface area contributed by atoms with Crippen LogP contribution >= 0.6 is 0 Å². The zero-order chi connectivity index (χ0) is 72.5. The second-order valence-corrected chi connectivity index (χ2v) is 22.3. The summed E-state index contributed by atoms with van der Waals surface area (Å²) in [5.74, 6) is -10.7. The summed E-state index contributed by atoms with van der Waals surface area (Å²) in [4.78, 5) is 127. The molecule has 42 heteroatoms. The highest BCUT2D eigenvalue weighted by atomic mass is 16.2. The Morgan fingerprint density at radius 3 is 0.583 bits per heavy atom. The lowest BCUT2D eigenvalue weighted by Gasteiger charge is -2.28. The molecule has 0 rings (SSSR count). The molecule has 8 atom stereocenters. The lowest BCUT2D eigenvalue weighted by molar-refractivity contribution is -0.136. The summed E-state index contributed by atoms with van der Waals surface area (Å²) in [6.45, 7) is 2.48. The highest BCUT2D eigenvalue weighted by Gasteiger charge is 2.35. The van der Waals surface area contributed by atoms with E-state index in [2.05, 4.69) is 85.1 Å². The van der Waals surface area contributed by atoms with Gasteiger partial charge in [-0.25, -0.2) is 0 Å². The molecule has 0 aliphatic heterocycles. The van der Waals surface area contributed by atoms with E-state index < -0.39 is 125 Å². The maximum atomic E-state index is 14.8. The van der Waals surface area contributed by atoms with Crippen LogP contribution in [0.1, 0.15) is 135 Å². The smallest absolute Gasteiger partial charge is 0.243 e. The van der Waals surface area contributed by atoms with E-state index in [0.717, 1.165) is 12.8 Å². The Bertz CT molecular complexity index is 2580. The van der Waals surface area contributed by atoms with Gasteiger partial charge in [0.1, 0.15) is 48.3 Å². The Morgan fingerprint density at radius 1 is 0.250 bits per heavy atom. The van der Waals surface area contributed by atoms with Crippen LogP contribution in [0.2, 0.25) is 0 Å². The van der Waals surface area contributed by atoms with Crippen molar-refractivity contribution in [1.29, 1.82) is 43.3 Å². The molecule has 0 fully saturated rings. The lowest BCUT2D eigenvalue weighted by Crippen LogP contribution is -2.60. The minimum Gasteiger partial charge on any atom is -0.370 e. The van der Waals surface area contributed by atoms with Crippen LogP contribution in [0.5, 0.6) is 0 Å². The van der Waals surface area contributed by atoms with Crippen LogP contribution in [-0.4, -0.2) is 202 Å². The predicted octanol–water partition coefficient (Wildman–Crippen LogP) is -8.96. The number of guanidine groups is 8. The van der Waals surface area contributed by atoms with E-state index in [1.165, 1.54) is 0 Å². The number of unbranched alkanes of at least 4 members (excludes halogenated alkanes) is 2. The Labute approximate surface area is 558 Å². The average molecular weight is 1360 g/mol. The van der Waals surface area contributed by atoms with E-state index in [0.29, 0.717) is 6.42 Å². The number of carbonyl (C=O) groups is 9. The van der Waals surface area contributed by atoms with Crippen molar-refractivity contribution in [2.75, 3.05) is 52.4 Å². The molecule has 0 aliphatic carbocycles. The lowest BCUT2D eigenvalue weighted by atomic mass is 10.0. The first-order chi connectivity index (χ1) is 45.4. The largest absolute Gasteiger partial charge is 0.370 e. The third-order valence-electron chi connectivity index (χ3n) is 14.0. The molecule has 0 unspecified atom stereocenters. The fraction of sp³-hybridized carbons (Fsp3) is 0.685. The summed E-state index contributed by atoms with van der Waals surface area (Å²) in [6.07, 6.45) is 2.30. The molecular weight excluding hydrogens is 1250 g/mol. The first-order valence-electron chi connectivity index (χ1n) is 31.7. The first kappa shape index (κ1) is 85.4. The molecule has 9 amide bonds. The van der Waals surface area contributed by atoms with Gasteiger partial charge in [0.2, 0.25) is 53.2 Å². The molecule has 0 saturated carbocycles. The molecule has 0 aromatic rings. The van der Waals surface area contributed by atoms with Gasteiger partial charge in [0.15, 0.2) is 47.7 Å². The molecule has 0 aromatic carbocycles. The van der Waals surface area contributed by atoms with Crippen molar-refractivity contribution in [2.45, 2.75) is 184 Å². The third-order valence-corrected chi connectivity index (χ3v) is 14.0. The molecule has 42 nitrogen and oxygen atoms in total. The third kappa shape index (κ3) is 43.3. The fourth-order valence-electron chi connectivity index (χ4n) is 9.11. The van der Waals surface area contributed by atoms with E-state index in [-0.39, 0.29) is 185 Å². The maximum Gasteiger partial charge on any atom is 0.243 e. The Hall–Kier alpha value is -10.6. The second kappa shape index (κ2) is 50.0. The summed E-state index contributed by atoms with van der Waals surface area (Å²) >= 11 is 0. The minimum absolute atomic E-state index is 0.000792. The van der Waals surface area contributed by atoms with Gasteiger partial charge in [-0.2, -0.15) is 0 Å². The number of nitrogens with two attached hydrogens (primary N) is 9. The number of amides is 9. The Kier molecular flexibility index (Phi) is 44.4. The predicted molar refractivity (Wildman–Crippen MR) is 362 cm³/mol. The Balaban J connectivity index is 7.60. The number of primary amides is 1. The molecule has 0 aromatic heterocycles. The van der Waals surface area contributed by atoms with Crippen LogP contribution in [-0.2, 0) is 43.2 Å². The number of hydrogen-bond acceptors (Lipinski definition) is 17. The summed E-state index contributed by atoms with van der Waals surface area (Å²) in [5.41, 5.74) is 49.5. The topological polar surface area (TPSA) is 771 Å². The maximum absolute atomic E-state index is 14.8. The van der Waals surface area contributed by atoms with Crippen molar-refractivity contribution in [2.24, 2.45) is 51.6 Å². The summed E-state index contributed by atoms with van der Waals surface area (Å²) < 4.78 is 0. The van der Waals surface area contributed by atoms with Crippen molar-refractivity contribution in [3.05, 3.63) is 0 Å². The van der Waals surface area contributed by atoms with Gasteiger partial charge in [0, 0.05) is 58.8 Å². The monoisotopic (exact) mass is 1360 g/mol. The van der Waals surface area contributed by atoms with E-state index >= 15 is 0 Å². The number of carbonyl (C=O) groups excluding carboxylic acids is 9. The van der Waals surface area contributed by atoms with E-state index in [1.807, 2.05) is 6.92 Å². The quantitative estimate of drug-likeness (QED) is 0.0153. The van der Waals surface area contributed by atoms with Crippen molar-refractivity contribution in [1.82, 2.24) is 85.1 Å². The van der Waals surface area contributed by atoms with Gasteiger partial charge in [-0.3, -0.25) is 86.4 Å². The summed E-state index contributed by atoms with van der Waals surface area (Å²) in [7, 11) is 0.